The van der Waals surface area contributed by atoms with Crippen molar-refractivity contribution in [2.24, 2.45) is 5.73 Å². The summed E-state index contributed by atoms with van der Waals surface area (Å²) in [7, 11) is 0. The largest absolute Gasteiger partial charge is 0.462 e. The van der Waals surface area contributed by atoms with Crippen molar-refractivity contribution in [2.45, 2.75) is 13.8 Å². The normalized spacial score (nSPS) is 11.1. The third kappa shape index (κ3) is 5.23. The summed E-state index contributed by atoms with van der Waals surface area (Å²) < 4.78 is 9.83. The molecule has 0 heterocycles. The number of nitrogens with two attached hydrogens (primary N) is 1. The van der Waals surface area contributed by atoms with Crippen molar-refractivity contribution in [3.05, 3.63) is 41.6 Å². The second-order valence-corrected chi connectivity index (χ2v) is 4.34. The first-order valence-electron chi connectivity index (χ1n) is 6.17. The number of amides is 1. The molecule has 0 saturated heterocycles. The van der Waals surface area contributed by atoms with Crippen molar-refractivity contribution in [1.82, 2.24) is 5.32 Å². The number of benzene rings is 1. The Morgan fingerprint density at radius 2 is 1.90 bits per heavy atom. The summed E-state index contributed by atoms with van der Waals surface area (Å²) in [6.07, 6.45) is -0.811. The first-order valence-corrected chi connectivity index (χ1v) is 6.58. The average Bonchev–Trinajstić information content (AvgIpc) is 2.39. The Morgan fingerprint density at radius 3 is 2.43 bits per heavy atom. The van der Waals surface area contributed by atoms with Gasteiger partial charge in [0, 0.05) is 5.70 Å². The van der Waals surface area contributed by atoms with E-state index < -0.39 is 12.1 Å². The van der Waals surface area contributed by atoms with Crippen LogP contribution in [0.4, 0.5) is 4.79 Å². The second kappa shape index (κ2) is 8.01. The number of carbonyl (C=O) groups is 2. The van der Waals surface area contributed by atoms with Crippen LogP contribution in [0.3, 0.4) is 0 Å². The molecule has 1 aromatic rings. The number of para-hydroxylation sites is 1. The number of ether oxygens (including phenoxy) is 2. The second-order valence-electron chi connectivity index (χ2n) is 3.94. The van der Waals surface area contributed by atoms with Crippen LogP contribution in [0.1, 0.15) is 13.8 Å². The van der Waals surface area contributed by atoms with Gasteiger partial charge < -0.3 is 15.2 Å². The van der Waals surface area contributed by atoms with Gasteiger partial charge in [0.15, 0.2) is 0 Å². The third-order valence-corrected chi connectivity index (χ3v) is 2.58. The topological polar surface area (TPSA) is 90.6 Å². The third-order valence-electron chi connectivity index (χ3n) is 2.27. The van der Waals surface area contributed by atoms with Crippen molar-refractivity contribution in [3.8, 4) is 5.75 Å². The van der Waals surface area contributed by atoms with Gasteiger partial charge in [-0.15, -0.1) is 0 Å². The van der Waals surface area contributed by atoms with E-state index in [4.69, 9.17) is 27.4 Å². The van der Waals surface area contributed by atoms with Crippen LogP contribution < -0.4 is 15.8 Å². The molecule has 0 aliphatic carbocycles. The Morgan fingerprint density at radius 1 is 1.29 bits per heavy atom. The Hall–Kier alpha value is -2.41. The van der Waals surface area contributed by atoms with Gasteiger partial charge in [-0.3, -0.25) is 5.32 Å². The first kappa shape index (κ1) is 16.6. The number of hydrogen-bond donors (Lipinski definition) is 2. The molecule has 3 N–H and O–H groups in total. The quantitative estimate of drug-likeness (QED) is 0.501. The van der Waals surface area contributed by atoms with Crippen LogP contribution in [0.25, 0.3) is 0 Å². The van der Waals surface area contributed by atoms with Gasteiger partial charge in [-0.1, -0.05) is 30.4 Å². The number of nitrogens with one attached hydrogen (secondary N) is 1. The molecule has 0 unspecified atom stereocenters. The molecular formula is C14H16N2O4S. The highest BCUT2D eigenvalue weighted by Crippen LogP contribution is 2.09. The van der Waals surface area contributed by atoms with Crippen LogP contribution in [0.15, 0.2) is 41.6 Å². The lowest BCUT2D eigenvalue weighted by molar-refractivity contribution is -0.137. The van der Waals surface area contributed by atoms with Crippen LogP contribution in [0.5, 0.6) is 5.75 Å². The Kier molecular flexibility index (Phi) is 6.35. The van der Waals surface area contributed by atoms with E-state index in [9.17, 15) is 9.59 Å². The minimum atomic E-state index is -0.811. The number of esters is 1. The smallest absolute Gasteiger partial charge is 0.417 e. The van der Waals surface area contributed by atoms with Crippen LogP contribution in [0, 0.1) is 0 Å². The highest BCUT2D eigenvalue weighted by molar-refractivity contribution is 7.80. The zero-order valence-corrected chi connectivity index (χ0v) is 12.5. The van der Waals surface area contributed by atoms with E-state index in [-0.39, 0.29) is 22.9 Å². The summed E-state index contributed by atoms with van der Waals surface area (Å²) in [6, 6.07) is 8.44. The van der Waals surface area contributed by atoms with Gasteiger partial charge in [0.05, 0.1) is 6.61 Å². The monoisotopic (exact) mass is 308 g/mol. The fourth-order valence-corrected chi connectivity index (χ4v) is 1.74. The standard InChI is InChI=1S/C14H16N2O4S/c1-3-19-13(17)11(9(2)15)12(21)16-14(18)20-10-7-5-4-6-8-10/h4-8H,3,15H2,1-2H3,(H,16,18,21)/b11-9-. The number of carbonyl (C=O) groups excluding carboxylic acids is 2. The minimum Gasteiger partial charge on any atom is -0.462 e. The molecule has 0 aliphatic rings. The van der Waals surface area contributed by atoms with E-state index in [2.05, 4.69) is 5.32 Å². The predicted octanol–water partition coefficient (Wildman–Crippen LogP) is 1.90. The molecule has 0 fully saturated rings. The van der Waals surface area contributed by atoms with Crippen molar-refractivity contribution >= 4 is 29.3 Å². The highest BCUT2D eigenvalue weighted by atomic mass is 32.1. The van der Waals surface area contributed by atoms with E-state index in [0.29, 0.717) is 5.75 Å². The van der Waals surface area contributed by atoms with Crippen LogP contribution in [-0.4, -0.2) is 23.7 Å². The first-order chi connectivity index (χ1) is 9.95. The summed E-state index contributed by atoms with van der Waals surface area (Å²) in [5.74, 6) is -0.341. The minimum absolute atomic E-state index is 0.0585. The Bertz CT molecular complexity index is 566. The fraction of sp³-hybridized carbons (Fsp3) is 0.214. The van der Waals surface area contributed by atoms with Gasteiger partial charge in [-0.2, -0.15) is 0 Å². The maximum absolute atomic E-state index is 11.7. The lowest BCUT2D eigenvalue weighted by Gasteiger charge is -2.11. The zero-order valence-electron chi connectivity index (χ0n) is 11.7. The molecule has 0 atom stereocenters. The van der Waals surface area contributed by atoms with Gasteiger partial charge >= 0.3 is 12.1 Å². The summed E-state index contributed by atoms with van der Waals surface area (Å²) in [4.78, 5) is 23.3. The lowest BCUT2D eigenvalue weighted by Crippen LogP contribution is -2.36. The molecule has 112 valence electrons. The van der Waals surface area contributed by atoms with Gasteiger partial charge in [0.2, 0.25) is 0 Å². The maximum atomic E-state index is 11.7. The highest BCUT2D eigenvalue weighted by Gasteiger charge is 2.20. The number of hydrogen-bond acceptors (Lipinski definition) is 6. The predicted molar refractivity (Wildman–Crippen MR) is 81.7 cm³/mol. The molecule has 21 heavy (non-hydrogen) atoms. The lowest BCUT2D eigenvalue weighted by atomic mass is 10.2. The Balaban J connectivity index is 2.72. The maximum Gasteiger partial charge on any atom is 0.417 e. The van der Waals surface area contributed by atoms with Crippen LogP contribution >= 0.6 is 12.2 Å². The molecule has 7 heteroatoms. The SMILES string of the molecule is CCOC(=O)/C(C(=S)NC(=O)Oc1ccccc1)=C(/C)N. The van der Waals surface area contributed by atoms with Crippen LogP contribution in [0.2, 0.25) is 0 Å². The summed E-state index contributed by atoms with van der Waals surface area (Å²) in [5.41, 5.74) is 5.69. The van der Waals surface area contributed by atoms with E-state index in [1.165, 1.54) is 6.92 Å². The van der Waals surface area contributed by atoms with Crippen molar-refractivity contribution < 1.29 is 19.1 Å². The molecule has 0 radical (unpaired) electrons. The van der Waals surface area contributed by atoms with Crippen LogP contribution in [-0.2, 0) is 9.53 Å². The van der Waals surface area contributed by atoms with E-state index >= 15 is 0 Å². The molecule has 0 saturated carbocycles. The molecule has 6 nitrogen and oxygen atoms in total. The summed E-state index contributed by atoms with van der Waals surface area (Å²) in [6.45, 7) is 3.32. The average molecular weight is 308 g/mol. The zero-order chi connectivity index (χ0) is 15.8. The number of rotatable bonds is 4. The molecular weight excluding hydrogens is 292 g/mol. The van der Waals surface area contributed by atoms with Gasteiger partial charge in [-0.05, 0) is 26.0 Å². The van der Waals surface area contributed by atoms with E-state index in [0.717, 1.165) is 0 Å². The molecule has 1 amide bonds. The summed E-state index contributed by atoms with van der Waals surface area (Å²) in [5, 5.41) is 2.28. The van der Waals surface area contributed by atoms with E-state index in [1.807, 2.05) is 0 Å². The van der Waals surface area contributed by atoms with Crippen molar-refractivity contribution in [1.29, 1.82) is 0 Å². The summed E-state index contributed by atoms with van der Waals surface area (Å²) >= 11 is 4.98. The fourth-order valence-electron chi connectivity index (χ4n) is 1.41. The Labute approximate surface area is 127 Å². The van der Waals surface area contributed by atoms with Gasteiger partial charge in [0.1, 0.15) is 16.3 Å². The van der Waals surface area contributed by atoms with Gasteiger partial charge in [-0.25, -0.2) is 9.59 Å². The van der Waals surface area contributed by atoms with Crippen molar-refractivity contribution in [2.75, 3.05) is 6.61 Å². The molecule has 0 spiro atoms. The molecule has 0 aliphatic heterocycles. The molecule has 1 rings (SSSR count). The molecule has 0 bridgehead atoms. The molecule has 1 aromatic carbocycles. The number of allylic oxidation sites excluding steroid dienone is 1. The number of thiocarbonyl (C=S) groups is 1. The van der Waals surface area contributed by atoms with Crippen molar-refractivity contribution in [3.63, 3.8) is 0 Å². The molecule has 0 aromatic heterocycles. The van der Waals surface area contributed by atoms with Gasteiger partial charge in [0.25, 0.3) is 0 Å². The van der Waals surface area contributed by atoms with E-state index in [1.54, 1.807) is 37.3 Å².